The Labute approximate surface area is 140 Å². The van der Waals surface area contributed by atoms with Crippen LogP contribution in [0.3, 0.4) is 0 Å². The summed E-state index contributed by atoms with van der Waals surface area (Å²) in [5.41, 5.74) is 1.26. The molecule has 3 rings (SSSR count). The Morgan fingerprint density at radius 3 is 2.71 bits per heavy atom. The van der Waals surface area contributed by atoms with Crippen molar-refractivity contribution in [1.29, 1.82) is 0 Å². The molecule has 6 heteroatoms. The topological polar surface area (TPSA) is 67.9 Å². The smallest absolute Gasteiger partial charge is 0.244 e. The van der Waals surface area contributed by atoms with Crippen molar-refractivity contribution >= 4 is 23.2 Å². The number of nitrogens with one attached hydrogen (secondary N) is 1. The fourth-order valence-electron chi connectivity index (χ4n) is 2.51. The summed E-state index contributed by atoms with van der Waals surface area (Å²) in [5, 5.41) is 2.78. The predicted octanol–water partition coefficient (Wildman–Crippen LogP) is 2.45. The highest BCUT2D eigenvalue weighted by molar-refractivity contribution is 6.03. The van der Waals surface area contributed by atoms with Crippen LogP contribution in [0, 0.1) is 0 Å². The molecule has 0 aromatic heterocycles. The fraction of sp³-hybridized carbons (Fsp3) is 0.222. The summed E-state index contributed by atoms with van der Waals surface area (Å²) in [4.78, 5) is 26.1. The summed E-state index contributed by atoms with van der Waals surface area (Å²) in [6.45, 7) is 0.248. The van der Waals surface area contributed by atoms with Crippen molar-refractivity contribution in [3.8, 4) is 11.5 Å². The van der Waals surface area contributed by atoms with Gasteiger partial charge in [-0.05, 0) is 36.4 Å². The van der Waals surface area contributed by atoms with E-state index >= 15 is 0 Å². The van der Waals surface area contributed by atoms with Gasteiger partial charge in [0.05, 0.1) is 25.8 Å². The maximum Gasteiger partial charge on any atom is 0.244 e. The summed E-state index contributed by atoms with van der Waals surface area (Å²) in [6, 6.07) is 14.2. The van der Waals surface area contributed by atoms with Gasteiger partial charge in [0.2, 0.25) is 11.8 Å². The predicted molar refractivity (Wildman–Crippen MR) is 90.5 cm³/mol. The molecule has 2 aromatic rings. The van der Waals surface area contributed by atoms with Crippen molar-refractivity contribution in [3.05, 3.63) is 48.5 Å². The molecule has 2 aromatic carbocycles. The normalized spacial score (nSPS) is 13.5. The van der Waals surface area contributed by atoms with Crippen molar-refractivity contribution in [3.63, 3.8) is 0 Å². The highest BCUT2D eigenvalue weighted by atomic mass is 16.5. The highest BCUT2D eigenvalue weighted by Gasteiger charge is 2.24. The molecule has 1 aliphatic heterocycles. The third kappa shape index (κ3) is 3.48. The number of nitrogens with zero attached hydrogens (tertiary/aromatic N) is 1. The first-order valence-electron chi connectivity index (χ1n) is 7.63. The van der Waals surface area contributed by atoms with Gasteiger partial charge in [-0.1, -0.05) is 12.1 Å². The summed E-state index contributed by atoms with van der Waals surface area (Å²) < 4.78 is 10.6. The quantitative estimate of drug-likeness (QED) is 0.937. The van der Waals surface area contributed by atoms with Crippen LogP contribution in [-0.2, 0) is 9.59 Å². The molecule has 0 radical (unpaired) electrons. The lowest BCUT2D eigenvalue weighted by Gasteiger charge is -2.21. The number of hydrogen-bond donors (Lipinski definition) is 1. The Bertz CT molecular complexity index is 743. The Kier molecular flexibility index (Phi) is 4.65. The number of ether oxygens (including phenoxy) is 2. The average molecular weight is 326 g/mol. The molecule has 1 aliphatic rings. The monoisotopic (exact) mass is 326 g/mol. The number of benzene rings is 2. The van der Waals surface area contributed by atoms with Gasteiger partial charge >= 0.3 is 0 Å². The van der Waals surface area contributed by atoms with Crippen LogP contribution in [0.5, 0.6) is 11.5 Å². The van der Waals surface area contributed by atoms with E-state index in [4.69, 9.17) is 9.47 Å². The largest absolute Gasteiger partial charge is 0.497 e. The third-order valence-electron chi connectivity index (χ3n) is 3.71. The lowest BCUT2D eigenvalue weighted by atomic mass is 10.2. The number of carbonyl (C=O) groups is 2. The van der Waals surface area contributed by atoms with E-state index in [1.54, 1.807) is 43.5 Å². The van der Waals surface area contributed by atoms with Crippen LogP contribution in [0.1, 0.15) is 6.42 Å². The van der Waals surface area contributed by atoms with Crippen molar-refractivity contribution in [2.75, 3.05) is 30.5 Å². The highest BCUT2D eigenvalue weighted by Crippen LogP contribution is 2.30. The minimum atomic E-state index is -0.273. The third-order valence-corrected chi connectivity index (χ3v) is 3.71. The van der Waals surface area contributed by atoms with E-state index in [1.807, 2.05) is 12.1 Å². The lowest BCUT2D eigenvalue weighted by molar-refractivity contribution is -0.121. The number of hydrogen-bond acceptors (Lipinski definition) is 4. The van der Waals surface area contributed by atoms with Crippen LogP contribution in [0.15, 0.2) is 48.5 Å². The van der Waals surface area contributed by atoms with Crippen molar-refractivity contribution in [2.24, 2.45) is 0 Å². The van der Waals surface area contributed by atoms with Gasteiger partial charge < -0.3 is 14.8 Å². The Morgan fingerprint density at radius 1 is 1.21 bits per heavy atom. The summed E-state index contributed by atoms with van der Waals surface area (Å²) in [6.07, 6.45) is 0.241. The van der Waals surface area contributed by atoms with Crippen LogP contribution in [0.25, 0.3) is 0 Å². The lowest BCUT2D eigenvalue weighted by Crippen LogP contribution is -2.37. The molecule has 0 atom stereocenters. The molecule has 6 nitrogen and oxygen atoms in total. The molecule has 0 bridgehead atoms. The fourth-order valence-corrected chi connectivity index (χ4v) is 2.51. The number of carbonyl (C=O) groups excluding carboxylic acids is 2. The van der Waals surface area contributed by atoms with E-state index in [0.29, 0.717) is 29.5 Å². The minimum absolute atomic E-state index is 0.0643. The van der Waals surface area contributed by atoms with Gasteiger partial charge in [0, 0.05) is 5.69 Å². The van der Waals surface area contributed by atoms with E-state index in [-0.39, 0.29) is 24.8 Å². The van der Waals surface area contributed by atoms with Gasteiger partial charge in [0.1, 0.15) is 18.0 Å². The number of rotatable bonds is 4. The SMILES string of the molecule is COc1ccc(NC(=O)CN2C(=O)CCOc3ccccc32)cc1. The molecule has 24 heavy (non-hydrogen) atoms. The molecule has 0 aliphatic carbocycles. The molecule has 1 N–H and O–H groups in total. The molecule has 0 spiro atoms. The molecule has 124 valence electrons. The van der Waals surface area contributed by atoms with Crippen LogP contribution < -0.4 is 19.7 Å². The number of fused-ring (bicyclic) bond motifs is 1. The van der Waals surface area contributed by atoms with Gasteiger partial charge in [0.15, 0.2) is 0 Å². The maximum absolute atomic E-state index is 12.3. The first kappa shape index (κ1) is 15.9. The zero-order valence-corrected chi connectivity index (χ0v) is 13.3. The molecule has 2 amide bonds. The molecular weight excluding hydrogens is 308 g/mol. The van der Waals surface area contributed by atoms with Crippen LogP contribution in [-0.4, -0.2) is 32.1 Å². The molecule has 0 saturated heterocycles. The van der Waals surface area contributed by atoms with Crippen LogP contribution in [0.4, 0.5) is 11.4 Å². The average Bonchev–Trinajstić information content (AvgIpc) is 2.75. The summed E-state index contributed by atoms with van der Waals surface area (Å²) in [5.74, 6) is 0.914. The Hall–Kier alpha value is -3.02. The standard InChI is InChI=1S/C18H18N2O4/c1-23-14-8-6-13(7-9-14)19-17(21)12-20-15-4-2-3-5-16(15)24-11-10-18(20)22/h2-9H,10-12H2,1H3,(H,19,21). The zero-order chi connectivity index (χ0) is 16.9. The molecule has 0 saturated carbocycles. The van der Waals surface area contributed by atoms with Crippen molar-refractivity contribution in [1.82, 2.24) is 0 Å². The van der Waals surface area contributed by atoms with Crippen LogP contribution in [0.2, 0.25) is 0 Å². The summed E-state index contributed by atoms with van der Waals surface area (Å²) >= 11 is 0. The first-order valence-corrected chi connectivity index (χ1v) is 7.63. The number of amides is 2. The zero-order valence-electron chi connectivity index (χ0n) is 13.3. The van der Waals surface area contributed by atoms with Gasteiger partial charge in [0.25, 0.3) is 0 Å². The van der Waals surface area contributed by atoms with Crippen LogP contribution >= 0.6 is 0 Å². The second-order valence-electron chi connectivity index (χ2n) is 5.32. The van der Waals surface area contributed by atoms with Crippen molar-refractivity contribution < 1.29 is 19.1 Å². The second-order valence-corrected chi connectivity index (χ2v) is 5.32. The van der Waals surface area contributed by atoms with E-state index in [1.165, 1.54) is 4.90 Å². The number of para-hydroxylation sites is 2. The van der Waals surface area contributed by atoms with E-state index in [0.717, 1.165) is 0 Å². The number of methoxy groups -OCH3 is 1. The van der Waals surface area contributed by atoms with E-state index < -0.39 is 0 Å². The van der Waals surface area contributed by atoms with Gasteiger partial charge in [-0.25, -0.2) is 0 Å². The van der Waals surface area contributed by atoms with Crippen molar-refractivity contribution in [2.45, 2.75) is 6.42 Å². The second kappa shape index (κ2) is 7.04. The van der Waals surface area contributed by atoms with Gasteiger partial charge in [-0.15, -0.1) is 0 Å². The van der Waals surface area contributed by atoms with Gasteiger partial charge in [-0.2, -0.15) is 0 Å². The number of anilines is 2. The minimum Gasteiger partial charge on any atom is -0.497 e. The Balaban J connectivity index is 1.73. The molecular formula is C18H18N2O4. The van der Waals surface area contributed by atoms with Gasteiger partial charge in [-0.3, -0.25) is 14.5 Å². The molecule has 0 fully saturated rings. The maximum atomic E-state index is 12.3. The first-order chi connectivity index (χ1) is 11.7. The van der Waals surface area contributed by atoms with E-state index in [9.17, 15) is 9.59 Å². The summed E-state index contributed by atoms with van der Waals surface area (Å²) in [7, 11) is 1.58. The molecule has 0 unspecified atom stereocenters. The van der Waals surface area contributed by atoms with E-state index in [2.05, 4.69) is 5.32 Å². The Morgan fingerprint density at radius 2 is 1.96 bits per heavy atom. The molecule has 1 heterocycles.